The van der Waals surface area contributed by atoms with Gasteiger partial charge in [-0.3, -0.25) is 10.1 Å². The summed E-state index contributed by atoms with van der Waals surface area (Å²) in [6, 6.07) is 4.34. The van der Waals surface area contributed by atoms with Gasteiger partial charge in [0.1, 0.15) is 0 Å². The van der Waals surface area contributed by atoms with E-state index in [2.05, 4.69) is 0 Å². The Kier molecular flexibility index (Phi) is 4.40. The average Bonchev–Trinajstić information content (AvgIpc) is 2.15. The first-order chi connectivity index (χ1) is 7.43. The number of nitro benzene ring substituents is 1. The molecule has 16 heavy (non-hydrogen) atoms. The Morgan fingerprint density at radius 2 is 2.25 bits per heavy atom. The van der Waals surface area contributed by atoms with Gasteiger partial charge in [0.2, 0.25) is 0 Å². The monoisotopic (exact) mass is 263 g/mol. The molecule has 0 fully saturated rings. The summed E-state index contributed by atoms with van der Waals surface area (Å²) in [5.41, 5.74) is 0.182. The van der Waals surface area contributed by atoms with Crippen LogP contribution in [0.4, 0.5) is 5.69 Å². The summed E-state index contributed by atoms with van der Waals surface area (Å²) in [6.07, 6.45) is 0. The zero-order valence-corrected chi connectivity index (χ0v) is 9.99. The lowest BCUT2D eigenvalue weighted by Crippen LogP contribution is -2.08. The lowest BCUT2D eigenvalue weighted by molar-refractivity contribution is -0.385. The molecule has 2 atom stereocenters. The zero-order valence-electron chi connectivity index (χ0n) is 8.42. The predicted molar refractivity (Wildman–Crippen MR) is 62.2 cm³/mol. The van der Waals surface area contributed by atoms with Crippen LogP contribution >= 0.6 is 11.6 Å². The maximum Gasteiger partial charge on any atom is 0.274 e. The molecular weight excluding hydrogens is 254 g/mol. The van der Waals surface area contributed by atoms with Crippen molar-refractivity contribution in [2.45, 2.75) is 12.8 Å². The van der Waals surface area contributed by atoms with Gasteiger partial charge >= 0.3 is 0 Å². The summed E-state index contributed by atoms with van der Waals surface area (Å²) in [4.78, 5) is 10.2. The smallest absolute Gasteiger partial charge is 0.274 e. The lowest BCUT2D eigenvalue weighted by Gasteiger charge is -2.11. The highest BCUT2D eigenvalue weighted by Crippen LogP contribution is 2.33. The van der Waals surface area contributed by atoms with E-state index in [-0.39, 0.29) is 16.5 Å². The molecule has 1 N–H and O–H groups in total. The molecule has 5 nitrogen and oxygen atoms in total. The highest BCUT2D eigenvalue weighted by molar-refractivity contribution is 7.79. The van der Waals surface area contributed by atoms with E-state index in [1.165, 1.54) is 18.2 Å². The predicted octanol–water partition coefficient (Wildman–Crippen LogP) is 2.57. The first-order valence-corrected chi connectivity index (χ1v) is 6.09. The fourth-order valence-electron chi connectivity index (χ4n) is 1.47. The molecule has 88 valence electrons. The lowest BCUT2D eigenvalue weighted by atomic mass is 10.0. The van der Waals surface area contributed by atoms with Crippen molar-refractivity contribution in [1.29, 1.82) is 0 Å². The van der Waals surface area contributed by atoms with Crippen LogP contribution < -0.4 is 0 Å². The van der Waals surface area contributed by atoms with Crippen LogP contribution in [0.5, 0.6) is 0 Å². The Morgan fingerprint density at radius 1 is 1.62 bits per heavy atom. The largest absolute Gasteiger partial charge is 0.306 e. The summed E-state index contributed by atoms with van der Waals surface area (Å²) in [7, 11) is 0. The van der Waals surface area contributed by atoms with Crippen molar-refractivity contribution >= 4 is 28.4 Å². The van der Waals surface area contributed by atoms with Gasteiger partial charge in [-0.2, -0.15) is 0 Å². The Bertz CT molecular complexity index is 438. The third kappa shape index (κ3) is 3.01. The third-order valence-electron chi connectivity index (χ3n) is 2.11. The molecule has 0 aromatic heterocycles. The van der Waals surface area contributed by atoms with Crippen LogP contribution in [0.3, 0.4) is 0 Å². The average molecular weight is 264 g/mol. The quantitative estimate of drug-likeness (QED) is 0.514. The Balaban J connectivity index is 3.19. The maximum absolute atomic E-state index is 10.8. The van der Waals surface area contributed by atoms with Gasteiger partial charge in [0.25, 0.3) is 5.69 Å². The van der Waals surface area contributed by atoms with Crippen LogP contribution in [0.2, 0.25) is 5.02 Å². The molecule has 0 aliphatic carbocycles. The van der Waals surface area contributed by atoms with Crippen molar-refractivity contribution in [3.8, 4) is 0 Å². The maximum atomic E-state index is 10.8. The van der Waals surface area contributed by atoms with E-state index >= 15 is 0 Å². The minimum Gasteiger partial charge on any atom is -0.306 e. The van der Waals surface area contributed by atoms with Gasteiger partial charge in [0.15, 0.2) is 11.1 Å². The number of halogens is 1. The minimum atomic E-state index is -2.01. The molecule has 7 heteroatoms. The van der Waals surface area contributed by atoms with Crippen molar-refractivity contribution in [2.75, 3.05) is 5.75 Å². The van der Waals surface area contributed by atoms with Crippen LogP contribution in [-0.4, -0.2) is 19.4 Å². The molecule has 0 radical (unpaired) electrons. The molecule has 1 rings (SSSR count). The van der Waals surface area contributed by atoms with Crippen molar-refractivity contribution in [3.05, 3.63) is 38.9 Å². The highest BCUT2D eigenvalue weighted by atomic mass is 35.5. The molecule has 0 aliphatic heterocycles. The molecule has 0 heterocycles. The molecule has 0 saturated carbocycles. The van der Waals surface area contributed by atoms with Gasteiger partial charge in [-0.05, 0) is 6.07 Å². The van der Waals surface area contributed by atoms with Gasteiger partial charge in [0, 0.05) is 12.0 Å². The molecular formula is C9H10ClNO4S. The summed E-state index contributed by atoms with van der Waals surface area (Å²) < 4.78 is 19.4. The van der Waals surface area contributed by atoms with E-state index in [1.54, 1.807) is 6.92 Å². The van der Waals surface area contributed by atoms with Gasteiger partial charge in [0.05, 0.1) is 21.3 Å². The van der Waals surface area contributed by atoms with Crippen molar-refractivity contribution in [2.24, 2.45) is 0 Å². The second-order valence-electron chi connectivity index (χ2n) is 3.32. The Labute approximate surface area is 99.9 Å². The van der Waals surface area contributed by atoms with Crippen LogP contribution in [0, 0.1) is 10.1 Å². The van der Waals surface area contributed by atoms with E-state index in [4.69, 9.17) is 16.2 Å². The highest BCUT2D eigenvalue weighted by Gasteiger charge is 2.22. The normalized spacial score (nSPS) is 14.4. The van der Waals surface area contributed by atoms with E-state index in [9.17, 15) is 14.3 Å². The van der Waals surface area contributed by atoms with Crippen LogP contribution in [-0.2, 0) is 11.1 Å². The van der Waals surface area contributed by atoms with E-state index in [0.29, 0.717) is 5.56 Å². The molecule has 0 spiro atoms. The van der Waals surface area contributed by atoms with E-state index < -0.39 is 21.9 Å². The third-order valence-corrected chi connectivity index (χ3v) is 3.23. The van der Waals surface area contributed by atoms with Crippen molar-refractivity contribution in [1.82, 2.24) is 0 Å². The first-order valence-electron chi connectivity index (χ1n) is 4.43. The fraction of sp³-hybridized carbons (Fsp3) is 0.333. The number of nitrogens with zero attached hydrogens (tertiary/aromatic N) is 1. The summed E-state index contributed by atoms with van der Waals surface area (Å²) in [5.74, 6) is -0.523. The van der Waals surface area contributed by atoms with Gasteiger partial charge in [-0.15, -0.1) is 0 Å². The number of benzene rings is 1. The number of hydrogen-bond donors (Lipinski definition) is 1. The summed E-state index contributed by atoms with van der Waals surface area (Å²) in [5, 5.41) is 11.0. The molecule has 0 saturated heterocycles. The number of nitro groups is 1. The van der Waals surface area contributed by atoms with Crippen molar-refractivity contribution < 1.29 is 13.7 Å². The van der Waals surface area contributed by atoms with E-state index in [0.717, 1.165) is 0 Å². The fourth-order valence-corrected chi connectivity index (χ4v) is 2.42. The Hall–Kier alpha value is -0.980. The SMILES string of the molecule is CC(CS(=O)O)c1c(Cl)cccc1[N+](=O)[O-]. The van der Waals surface area contributed by atoms with Crippen LogP contribution in [0.1, 0.15) is 18.4 Å². The Morgan fingerprint density at radius 3 is 2.75 bits per heavy atom. The first kappa shape index (κ1) is 13.1. The standard InChI is InChI=1S/C9H10ClNO4S/c1-6(5-16(14)15)9-7(10)3-2-4-8(9)11(12)13/h2-4,6H,5H2,1H3,(H,14,15). The molecule has 2 unspecified atom stereocenters. The summed E-state index contributed by atoms with van der Waals surface area (Å²) in [6.45, 7) is 1.63. The van der Waals surface area contributed by atoms with Gasteiger partial charge < -0.3 is 4.55 Å². The zero-order chi connectivity index (χ0) is 12.3. The molecule has 0 bridgehead atoms. The number of rotatable bonds is 4. The van der Waals surface area contributed by atoms with Crippen LogP contribution in [0.15, 0.2) is 18.2 Å². The van der Waals surface area contributed by atoms with Crippen LogP contribution in [0.25, 0.3) is 0 Å². The second-order valence-corrected chi connectivity index (χ2v) is 4.70. The van der Waals surface area contributed by atoms with Gasteiger partial charge in [-0.1, -0.05) is 24.6 Å². The molecule has 0 aliphatic rings. The second kappa shape index (κ2) is 5.38. The minimum absolute atomic E-state index is 0.0788. The van der Waals surface area contributed by atoms with Gasteiger partial charge in [-0.25, -0.2) is 4.21 Å². The molecule has 0 amide bonds. The molecule has 1 aromatic carbocycles. The summed E-state index contributed by atoms with van der Waals surface area (Å²) >= 11 is 3.86. The molecule has 1 aromatic rings. The topological polar surface area (TPSA) is 80.4 Å². The van der Waals surface area contributed by atoms with E-state index in [1.807, 2.05) is 0 Å². The number of hydrogen-bond acceptors (Lipinski definition) is 3. The van der Waals surface area contributed by atoms with Crippen molar-refractivity contribution in [3.63, 3.8) is 0 Å².